The van der Waals surface area contributed by atoms with E-state index < -0.39 is 29.0 Å². The zero-order valence-electron chi connectivity index (χ0n) is 10.7. The summed E-state index contributed by atoms with van der Waals surface area (Å²) in [6.45, 7) is -0.0528. The number of carbonyl (C=O) groups is 1. The van der Waals surface area contributed by atoms with Gasteiger partial charge in [-0.15, -0.1) is 0 Å². The van der Waals surface area contributed by atoms with E-state index in [2.05, 4.69) is 5.32 Å². The second kappa shape index (κ2) is 5.95. The molecule has 0 spiro atoms. The Morgan fingerprint density at radius 1 is 1.05 bits per heavy atom. The number of nitrogens with one attached hydrogen (secondary N) is 1. The van der Waals surface area contributed by atoms with Gasteiger partial charge in [-0.2, -0.15) is 13.2 Å². The summed E-state index contributed by atoms with van der Waals surface area (Å²) >= 11 is 0. The Labute approximate surface area is 118 Å². The molecule has 1 amide bonds. The molecular weight excluding hydrogens is 286 g/mol. The van der Waals surface area contributed by atoms with Crippen LogP contribution in [0.3, 0.4) is 0 Å². The molecule has 21 heavy (non-hydrogen) atoms. The van der Waals surface area contributed by atoms with Gasteiger partial charge in [-0.1, -0.05) is 24.3 Å². The van der Waals surface area contributed by atoms with Crippen LogP contribution in [0.15, 0.2) is 48.5 Å². The normalized spacial score (nSPS) is 11.2. The predicted octanol–water partition coefficient (Wildman–Crippen LogP) is 3.77. The van der Waals surface area contributed by atoms with Crippen molar-refractivity contribution in [3.63, 3.8) is 0 Å². The van der Waals surface area contributed by atoms with E-state index in [9.17, 15) is 22.4 Å². The molecular formula is C15H11F4NO. The van der Waals surface area contributed by atoms with Crippen LogP contribution in [0.4, 0.5) is 17.6 Å². The minimum absolute atomic E-state index is 0.0528. The fourth-order valence-electron chi connectivity index (χ4n) is 1.85. The Bertz CT molecular complexity index is 652. The number of rotatable bonds is 3. The molecule has 0 bridgehead atoms. The SMILES string of the molecule is O=C(NCc1cccc(F)c1)c1ccccc1C(F)(F)F. The highest BCUT2D eigenvalue weighted by Gasteiger charge is 2.34. The Morgan fingerprint density at radius 2 is 1.76 bits per heavy atom. The minimum Gasteiger partial charge on any atom is -0.348 e. The van der Waals surface area contributed by atoms with E-state index in [1.54, 1.807) is 6.07 Å². The molecule has 0 saturated carbocycles. The van der Waals surface area contributed by atoms with Crippen LogP contribution in [0, 0.1) is 5.82 Å². The molecule has 0 aromatic heterocycles. The smallest absolute Gasteiger partial charge is 0.348 e. The third-order valence-corrected chi connectivity index (χ3v) is 2.82. The van der Waals surface area contributed by atoms with Crippen molar-refractivity contribution < 1.29 is 22.4 Å². The molecule has 0 aliphatic rings. The Kier molecular flexibility index (Phi) is 4.26. The molecule has 1 N–H and O–H groups in total. The average Bonchev–Trinajstić information content (AvgIpc) is 2.44. The zero-order valence-corrected chi connectivity index (χ0v) is 10.7. The van der Waals surface area contributed by atoms with Crippen LogP contribution >= 0.6 is 0 Å². The molecule has 6 heteroatoms. The highest BCUT2D eigenvalue weighted by atomic mass is 19.4. The van der Waals surface area contributed by atoms with Gasteiger partial charge < -0.3 is 5.32 Å². The molecule has 2 aromatic rings. The third kappa shape index (κ3) is 3.81. The lowest BCUT2D eigenvalue weighted by Gasteiger charge is -2.12. The van der Waals surface area contributed by atoms with Gasteiger partial charge in [0.15, 0.2) is 0 Å². The Balaban J connectivity index is 2.14. The molecule has 0 aliphatic heterocycles. The van der Waals surface area contributed by atoms with Gasteiger partial charge in [-0.25, -0.2) is 4.39 Å². The van der Waals surface area contributed by atoms with Crippen molar-refractivity contribution in [2.24, 2.45) is 0 Å². The van der Waals surface area contributed by atoms with Crippen LogP contribution < -0.4 is 5.32 Å². The molecule has 0 unspecified atom stereocenters. The maximum atomic E-state index is 13.0. The summed E-state index contributed by atoms with van der Waals surface area (Å²) in [6, 6.07) is 9.99. The molecule has 110 valence electrons. The number of hydrogen-bond acceptors (Lipinski definition) is 1. The number of carbonyl (C=O) groups excluding carboxylic acids is 1. The number of amides is 1. The molecule has 0 radical (unpaired) electrons. The number of benzene rings is 2. The zero-order chi connectivity index (χ0) is 15.5. The highest BCUT2D eigenvalue weighted by Crippen LogP contribution is 2.31. The van der Waals surface area contributed by atoms with Crippen LogP contribution in [0.25, 0.3) is 0 Å². The summed E-state index contributed by atoms with van der Waals surface area (Å²) in [5.41, 5.74) is -0.990. The van der Waals surface area contributed by atoms with Gasteiger partial charge in [0.25, 0.3) is 5.91 Å². The lowest BCUT2D eigenvalue weighted by atomic mass is 10.1. The van der Waals surface area contributed by atoms with Gasteiger partial charge in [0.05, 0.1) is 11.1 Å². The first-order chi connectivity index (χ1) is 9.88. The van der Waals surface area contributed by atoms with Crippen LogP contribution in [-0.4, -0.2) is 5.91 Å². The summed E-state index contributed by atoms with van der Waals surface area (Å²) < 4.78 is 51.4. The number of hydrogen-bond donors (Lipinski definition) is 1. The van der Waals surface area contributed by atoms with E-state index in [1.165, 1.54) is 30.3 Å². The second-order valence-corrected chi connectivity index (χ2v) is 4.36. The molecule has 0 saturated heterocycles. The lowest BCUT2D eigenvalue weighted by molar-refractivity contribution is -0.137. The van der Waals surface area contributed by atoms with Crippen molar-refractivity contribution in [2.45, 2.75) is 12.7 Å². The maximum absolute atomic E-state index is 13.0. The van der Waals surface area contributed by atoms with E-state index in [0.29, 0.717) is 5.56 Å². The standard InChI is InChI=1S/C15H11F4NO/c16-11-5-3-4-10(8-11)9-20-14(21)12-6-1-2-7-13(12)15(17,18)19/h1-8H,9H2,(H,20,21). The molecule has 0 aliphatic carbocycles. The fourth-order valence-corrected chi connectivity index (χ4v) is 1.85. The van der Waals surface area contributed by atoms with Gasteiger partial charge in [0, 0.05) is 6.54 Å². The molecule has 0 fully saturated rings. The van der Waals surface area contributed by atoms with Crippen molar-refractivity contribution in [3.8, 4) is 0 Å². The third-order valence-electron chi connectivity index (χ3n) is 2.82. The predicted molar refractivity (Wildman–Crippen MR) is 69.0 cm³/mol. The van der Waals surface area contributed by atoms with E-state index >= 15 is 0 Å². The monoisotopic (exact) mass is 297 g/mol. The van der Waals surface area contributed by atoms with Crippen molar-refractivity contribution in [1.82, 2.24) is 5.32 Å². The van der Waals surface area contributed by atoms with Crippen LogP contribution in [0.2, 0.25) is 0 Å². The van der Waals surface area contributed by atoms with E-state index in [1.807, 2.05) is 0 Å². The molecule has 2 aromatic carbocycles. The lowest BCUT2D eigenvalue weighted by Crippen LogP contribution is -2.25. The Morgan fingerprint density at radius 3 is 2.43 bits per heavy atom. The number of alkyl halides is 3. The van der Waals surface area contributed by atoms with Crippen molar-refractivity contribution in [2.75, 3.05) is 0 Å². The summed E-state index contributed by atoms with van der Waals surface area (Å²) in [6.07, 6.45) is -4.60. The van der Waals surface area contributed by atoms with Crippen LogP contribution in [0.5, 0.6) is 0 Å². The van der Waals surface area contributed by atoms with Crippen LogP contribution in [0.1, 0.15) is 21.5 Å². The maximum Gasteiger partial charge on any atom is 0.417 e. The molecule has 2 rings (SSSR count). The first-order valence-electron chi connectivity index (χ1n) is 6.07. The summed E-state index contributed by atoms with van der Waals surface area (Å²) in [7, 11) is 0. The quantitative estimate of drug-likeness (QED) is 0.858. The number of halogens is 4. The first kappa shape index (κ1) is 15.0. The molecule has 0 heterocycles. The molecule has 0 atom stereocenters. The van der Waals surface area contributed by atoms with Gasteiger partial charge in [0.1, 0.15) is 5.82 Å². The van der Waals surface area contributed by atoms with Crippen LogP contribution in [-0.2, 0) is 12.7 Å². The van der Waals surface area contributed by atoms with Gasteiger partial charge in [-0.05, 0) is 29.8 Å². The van der Waals surface area contributed by atoms with Crippen molar-refractivity contribution in [1.29, 1.82) is 0 Å². The average molecular weight is 297 g/mol. The van der Waals surface area contributed by atoms with Gasteiger partial charge in [0.2, 0.25) is 0 Å². The Hall–Kier alpha value is -2.37. The second-order valence-electron chi connectivity index (χ2n) is 4.36. The summed E-state index contributed by atoms with van der Waals surface area (Å²) in [5, 5.41) is 2.35. The minimum atomic E-state index is -4.60. The highest BCUT2D eigenvalue weighted by molar-refractivity contribution is 5.95. The van der Waals surface area contributed by atoms with Gasteiger partial charge >= 0.3 is 6.18 Å². The van der Waals surface area contributed by atoms with E-state index in [4.69, 9.17) is 0 Å². The largest absolute Gasteiger partial charge is 0.417 e. The summed E-state index contributed by atoms with van der Waals surface area (Å²) in [5.74, 6) is -1.33. The fraction of sp³-hybridized carbons (Fsp3) is 0.133. The molecule has 2 nitrogen and oxygen atoms in total. The van der Waals surface area contributed by atoms with Crippen molar-refractivity contribution >= 4 is 5.91 Å². The van der Waals surface area contributed by atoms with Crippen molar-refractivity contribution in [3.05, 3.63) is 71.0 Å². The topological polar surface area (TPSA) is 29.1 Å². The summed E-state index contributed by atoms with van der Waals surface area (Å²) in [4.78, 5) is 11.9. The first-order valence-corrected chi connectivity index (χ1v) is 6.07. The van der Waals surface area contributed by atoms with Gasteiger partial charge in [-0.3, -0.25) is 4.79 Å². The van der Waals surface area contributed by atoms with E-state index in [0.717, 1.165) is 12.1 Å². The van der Waals surface area contributed by atoms with E-state index in [-0.39, 0.29) is 6.54 Å².